The first-order valence-electron chi connectivity index (χ1n) is 3.77. The lowest BCUT2D eigenvalue weighted by Gasteiger charge is -2.10. The van der Waals surface area contributed by atoms with Gasteiger partial charge < -0.3 is 0 Å². The number of halogens is 3. The summed E-state index contributed by atoms with van der Waals surface area (Å²) < 4.78 is 58.6. The molecule has 0 N–H and O–H groups in total. The van der Waals surface area contributed by atoms with Gasteiger partial charge in [0, 0.05) is 6.20 Å². The van der Waals surface area contributed by atoms with E-state index in [0.29, 0.717) is 0 Å². The second kappa shape index (κ2) is 3.80. The molecule has 0 bridgehead atoms. The molecule has 0 atom stereocenters. The van der Waals surface area contributed by atoms with E-state index in [-0.39, 0.29) is 0 Å². The molecule has 3 nitrogen and oxygen atoms in total. The molecule has 1 aromatic rings. The molecule has 0 aliphatic carbocycles. The fraction of sp³-hybridized carbons (Fsp3) is 0.250. The zero-order valence-corrected chi connectivity index (χ0v) is 8.27. The molecule has 0 aromatic carbocycles. The minimum Gasteiger partial charge on any atom is -0.260 e. The molecule has 0 saturated carbocycles. The SMILES string of the molecule is [CH2]S(=O)(=O)Cc1ncccc1C(F)(F)F. The molecule has 1 rings (SSSR count). The molecule has 0 aliphatic rings. The fourth-order valence-electron chi connectivity index (χ4n) is 1.02. The molecule has 1 aromatic heterocycles. The first kappa shape index (κ1) is 12.0. The van der Waals surface area contributed by atoms with Gasteiger partial charge in [-0.25, -0.2) is 8.42 Å². The van der Waals surface area contributed by atoms with Gasteiger partial charge in [-0.1, -0.05) is 0 Å². The Morgan fingerprint density at radius 1 is 1.40 bits per heavy atom. The Balaban J connectivity index is 3.19. The van der Waals surface area contributed by atoms with Gasteiger partial charge >= 0.3 is 6.18 Å². The summed E-state index contributed by atoms with van der Waals surface area (Å²) in [5.74, 6) is -0.817. The Bertz CT molecular complexity index is 453. The van der Waals surface area contributed by atoms with Gasteiger partial charge in [-0.15, -0.1) is 0 Å². The smallest absolute Gasteiger partial charge is 0.260 e. The normalized spacial score (nSPS) is 12.8. The minimum atomic E-state index is -4.60. The second-order valence-corrected chi connectivity index (χ2v) is 4.66. The first-order valence-corrected chi connectivity index (χ1v) is 5.59. The van der Waals surface area contributed by atoms with Gasteiger partial charge in [0.1, 0.15) is 0 Å². The van der Waals surface area contributed by atoms with E-state index in [1.165, 1.54) is 0 Å². The molecule has 1 radical (unpaired) electrons. The van der Waals surface area contributed by atoms with E-state index in [1.807, 2.05) is 0 Å². The van der Waals surface area contributed by atoms with Crippen LogP contribution in [0.1, 0.15) is 11.3 Å². The third-order valence-electron chi connectivity index (χ3n) is 1.55. The van der Waals surface area contributed by atoms with Crippen LogP contribution < -0.4 is 0 Å². The quantitative estimate of drug-likeness (QED) is 0.789. The summed E-state index contributed by atoms with van der Waals surface area (Å²) in [6.45, 7) is 0. The summed E-state index contributed by atoms with van der Waals surface area (Å²) >= 11 is 0. The molecular weight excluding hydrogens is 231 g/mol. The fourth-order valence-corrected chi connectivity index (χ4v) is 1.67. The number of alkyl halides is 3. The van der Waals surface area contributed by atoms with Crippen LogP contribution >= 0.6 is 0 Å². The van der Waals surface area contributed by atoms with Crippen molar-refractivity contribution in [3.05, 3.63) is 35.8 Å². The summed E-state index contributed by atoms with van der Waals surface area (Å²) in [7, 11) is -3.77. The van der Waals surface area contributed by atoms with Crippen LogP contribution in [0, 0.1) is 6.26 Å². The summed E-state index contributed by atoms with van der Waals surface area (Å²) in [4.78, 5) is 3.39. The van der Waals surface area contributed by atoms with Crippen LogP contribution in [0.4, 0.5) is 13.2 Å². The molecule has 0 saturated heterocycles. The van der Waals surface area contributed by atoms with Crippen molar-refractivity contribution in [1.29, 1.82) is 0 Å². The van der Waals surface area contributed by atoms with Crippen molar-refractivity contribution in [2.75, 3.05) is 0 Å². The van der Waals surface area contributed by atoms with Crippen LogP contribution in [0.25, 0.3) is 0 Å². The van der Waals surface area contributed by atoms with Gasteiger partial charge in [-0.3, -0.25) is 4.98 Å². The maximum atomic E-state index is 12.4. The summed E-state index contributed by atoms with van der Waals surface area (Å²) in [6, 6.07) is 1.88. The lowest BCUT2D eigenvalue weighted by Crippen LogP contribution is -2.13. The molecule has 0 unspecified atom stereocenters. The highest BCUT2D eigenvalue weighted by Gasteiger charge is 2.34. The lowest BCUT2D eigenvalue weighted by atomic mass is 10.2. The Morgan fingerprint density at radius 3 is 2.47 bits per heavy atom. The minimum absolute atomic E-state index is 0.528. The molecule has 0 amide bonds. The van der Waals surface area contributed by atoms with Crippen molar-refractivity contribution in [2.45, 2.75) is 11.9 Å². The van der Waals surface area contributed by atoms with Crippen molar-refractivity contribution in [3.8, 4) is 0 Å². The number of pyridine rings is 1. The zero-order chi connectivity index (χ0) is 11.7. The standard InChI is InChI=1S/C8H7F3NO2S/c1-15(13,14)5-7-6(8(9,10)11)3-2-4-12-7/h2-4H,1,5H2. The Morgan fingerprint density at radius 2 is 2.00 bits per heavy atom. The maximum absolute atomic E-state index is 12.4. The highest BCUT2D eigenvalue weighted by atomic mass is 32.2. The number of hydrogen-bond acceptors (Lipinski definition) is 3. The largest absolute Gasteiger partial charge is 0.418 e. The first-order chi connectivity index (χ1) is 6.70. The van der Waals surface area contributed by atoms with Crippen molar-refractivity contribution in [1.82, 2.24) is 4.98 Å². The Kier molecular flexibility index (Phi) is 3.03. The van der Waals surface area contributed by atoms with E-state index in [2.05, 4.69) is 11.2 Å². The maximum Gasteiger partial charge on any atom is 0.418 e. The molecule has 83 valence electrons. The summed E-state index contributed by atoms with van der Waals surface area (Å²) in [6.07, 6.45) is -0.742. The molecular formula is C8H7F3NO2S. The van der Waals surface area contributed by atoms with Gasteiger partial charge in [0.05, 0.1) is 23.3 Å². The highest BCUT2D eigenvalue weighted by Crippen LogP contribution is 2.31. The van der Waals surface area contributed by atoms with Crippen LogP contribution in [0.5, 0.6) is 0 Å². The van der Waals surface area contributed by atoms with Gasteiger partial charge in [-0.2, -0.15) is 13.2 Å². The van der Waals surface area contributed by atoms with E-state index < -0.39 is 33.0 Å². The van der Waals surface area contributed by atoms with Gasteiger partial charge in [0.25, 0.3) is 0 Å². The van der Waals surface area contributed by atoms with Crippen molar-refractivity contribution in [3.63, 3.8) is 0 Å². The predicted molar refractivity (Wildman–Crippen MR) is 47.2 cm³/mol. The van der Waals surface area contributed by atoms with E-state index in [4.69, 9.17) is 0 Å². The van der Waals surface area contributed by atoms with Crippen LogP contribution in [0.3, 0.4) is 0 Å². The van der Waals surface area contributed by atoms with Crippen LogP contribution in [0.2, 0.25) is 0 Å². The van der Waals surface area contributed by atoms with Crippen molar-refractivity contribution in [2.24, 2.45) is 0 Å². The predicted octanol–water partition coefficient (Wildman–Crippen LogP) is 1.81. The third-order valence-corrected chi connectivity index (χ3v) is 2.27. The van der Waals surface area contributed by atoms with Crippen LogP contribution in [0.15, 0.2) is 18.3 Å². The van der Waals surface area contributed by atoms with Crippen LogP contribution in [-0.4, -0.2) is 13.4 Å². The molecule has 0 aliphatic heterocycles. The number of hydrogen-bond donors (Lipinski definition) is 0. The van der Waals surface area contributed by atoms with Gasteiger partial charge in [0.2, 0.25) is 0 Å². The van der Waals surface area contributed by atoms with Gasteiger partial charge in [0.15, 0.2) is 9.84 Å². The second-order valence-electron chi connectivity index (χ2n) is 2.88. The van der Waals surface area contributed by atoms with E-state index >= 15 is 0 Å². The number of sulfone groups is 1. The van der Waals surface area contributed by atoms with Crippen molar-refractivity contribution >= 4 is 9.84 Å². The molecule has 7 heteroatoms. The molecule has 15 heavy (non-hydrogen) atoms. The van der Waals surface area contributed by atoms with E-state index in [0.717, 1.165) is 18.3 Å². The average Bonchev–Trinajstić information content (AvgIpc) is 1.99. The monoisotopic (exact) mass is 238 g/mol. The van der Waals surface area contributed by atoms with Crippen molar-refractivity contribution < 1.29 is 21.6 Å². The van der Waals surface area contributed by atoms with E-state index in [9.17, 15) is 21.6 Å². The molecule has 0 fully saturated rings. The summed E-state index contributed by atoms with van der Waals surface area (Å²) in [5, 5.41) is 0. The van der Waals surface area contributed by atoms with Crippen LogP contribution in [-0.2, 0) is 21.8 Å². The molecule has 0 spiro atoms. The Labute approximate surface area is 84.9 Å². The highest BCUT2D eigenvalue weighted by molar-refractivity contribution is 7.91. The van der Waals surface area contributed by atoms with Gasteiger partial charge in [-0.05, 0) is 12.1 Å². The lowest BCUT2D eigenvalue weighted by molar-refractivity contribution is -0.138. The number of nitrogens with zero attached hydrogens (tertiary/aromatic N) is 1. The molecule has 1 heterocycles. The number of aromatic nitrogens is 1. The summed E-state index contributed by atoms with van der Waals surface area (Å²) in [5.41, 5.74) is -1.57. The third kappa shape index (κ3) is 3.50. The topological polar surface area (TPSA) is 47.0 Å². The number of rotatable bonds is 2. The van der Waals surface area contributed by atoms with E-state index in [1.54, 1.807) is 0 Å². The zero-order valence-electron chi connectivity index (χ0n) is 7.45. The Hall–Kier alpha value is -1.11. The average molecular weight is 238 g/mol.